The van der Waals surface area contributed by atoms with Gasteiger partial charge in [0.05, 0.1) is 5.92 Å². The standard InChI is InChI=1S/C18H22O3/c1-12(9-13-5-3-2-4-6-13)21-18(20)16-10-14-7-8-15(11-16)17(14)19/h2-6,12,14-16H,7-11H2,1H3/t12-,14-,15+,16?/m1/s1. The van der Waals surface area contributed by atoms with Gasteiger partial charge in [0.1, 0.15) is 11.9 Å². The van der Waals surface area contributed by atoms with Gasteiger partial charge in [-0.2, -0.15) is 0 Å². The van der Waals surface area contributed by atoms with Gasteiger partial charge in [-0.15, -0.1) is 0 Å². The Morgan fingerprint density at radius 1 is 1.19 bits per heavy atom. The van der Waals surface area contributed by atoms with E-state index in [2.05, 4.69) is 0 Å². The molecule has 0 saturated heterocycles. The molecule has 3 rings (SSSR count). The lowest BCUT2D eigenvalue weighted by atomic mass is 9.80. The maximum atomic E-state index is 12.3. The van der Waals surface area contributed by atoms with Gasteiger partial charge in [-0.05, 0) is 38.2 Å². The highest BCUT2D eigenvalue weighted by molar-refractivity contribution is 5.88. The van der Waals surface area contributed by atoms with Gasteiger partial charge in [-0.3, -0.25) is 9.59 Å². The van der Waals surface area contributed by atoms with Crippen molar-refractivity contribution in [2.75, 3.05) is 0 Å². The van der Waals surface area contributed by atoms with E-state index in [-0.39, 0.29) is 29.8 Å². The van der Waals surface area contributed by atoms with Crippen LogP contribution in [-0.2, 0) is 20.7 Å². The molecule has 0 aliphatic heterocycles. The third-order valence-corrected chi connectivity index (χ3v) is 4.82. The number of hydrogen-bond donors (Lipinski definition) is 0. The molecule has 1 aromatic carbocycles. The number of carbonyl (C=O) groups is 2. The first-order valence-corrected chi connectivity index (χ1v) is 7.91. The van der Waals surface area contributed by atoms with Gasteiger partial charge in [-0.25, -0.2) is 0 Å². The van der Waals surface area contributed by atoms with Crippen molar-refractivity contribution < 1.29 is 14.3 Å². The maximum Gasteiger partial charge on any atom is 0.309 e. The Hall–Kier alpha value is -1.64. The smallest absolute Gasteiger partial charge is 0.309 e. The molecule has 2 aliphatic rings. The fraction of sp³-hybridized carbons (Fsp3) is 0.556. The molecule has 0 heterocycles. The SMILES string of the molecule is C[C@H](Cc1ccccc1)OC(=O)C1C[C@H]2CC[C@@H](C1)C2=O. The van der Waals surface area contributed by atoms with E-state index in [0.29, 0.717) is 18.6 Å². The van der Waals surface area contributed by atoms with Crippen LogP contribution >= 0.6 is 0 Å². The topological polar surface area (TPSA) is 43.4 Å². The second-order valence-electron chi connectivity index (χ2n) is 6.48. The molecule has 4 atom stereocenters. The van der Waals surface area contributed by atoms with Crippen LogP contribution in [0.15, 0.2) is 30.3 Å². The molecule has 21 heavy (non-hydrogen) atoms. The van der Waals surface area contributed by atoms with Gasteiger partial charge in [0.2, 0.25) is 0 Å². The lowest BCUT2D eigenvalue weighted by molar-refractivity contribution is -0.155. The summed E-state index contributed by atoms with van der Waals surface area (Å²) in [5.74, 6) is 0.439. The Kier molecular flexibility index (Phi) is 4.09. The minimum Gasteiger partial charge on any atom is -0.462 e. The molecule has 1 unspecified atom stereocenters. The molecule has 2 fully saturated rings. The number of hydrogen-bond acceptors (Lipinski definition) is 3. The number of ether oxygens (including phenoxy) is 1. The van der Waals surface area contributed by atoms with Gasteiger partial charge in [0.15, 0.2) is 0 Å². The molecule has 2 aliphatic carbocycles. The summed E-state index contributed by atoms with van der Waals surface area (Å²) in [4.78, 5) is 24.2. The molecule has 1 aromatic rings. The van der Waals surface area contributed by atoms with Crippen LogP contribution in [0.1, 0.15) is 38.2 Å². The summed E-state index contributed by atoms with van der Waals surface area (Å²) in [6.45, 7) is 1.94. The molecule has 0 N–H and O–H groups in total. The molecule has 3 heteroatoms. The van der Waals surface area contributed by atoms with E-state index in [0.717, 1.165) is 19.3 Å². The summed E-state index contributed by atoms with van der Waals surface area (Å²) >= 11 is 0. The second kappa shape index (κ2) is 6.00. The number of benzene rings is 1. The summed E-state index contributed by atoms with van der Waals surface area (Å²) in [6.07, 6.45) is 3.96. The van der Waals surface area contributed by atoms with Crippen LogP contribution in [0.3, 0.4) is 0 Å². The predicted octanol–water partition coefficient (Wildman–Crippen LogP) is 3.17. The number of carbonyl (C=O) groups excluding carboxylic acids is 2. The number of ketones is 1. The summed E-state index contributed by atoms with van der Waals surface area (Å²) < 4.78 is 5.60. The lowest BCUT2D eigenvalue weighted by Gasteiger charge is -2.26. The molecule has 0 spiro atoms. The monoisotopic (exact) mass is 286 g/mol. The zero-order valence-electron chi connectivity index (χ0n) is 12.5. The molecular weight excluding hydrogens is 264 g/mol. The third kappa shape index (κ3) is 3.17. The van der Waals surface area contributed by atoms with Crippen molar-refractivity contribution in [2.45, 2.75) is 45.1 Å². The average Bonchev–Trinajstić information content (AvgIpc) is 2.70. The lowest BCUT2D eigenvalue weighted by Crippen LogP contribution is -2.33. The Balaban J connectivity index is 1.53. The summed E-state index contributed by atoms with van der Waals surface area (Å²) in [6, 6.07) is 10.1. The van der Waals surface area contributed by atoms with Crippen molar-refractivity contribution in [1.82, 2.24) is 0 Å². The van der Waals surface area contributed by atoms with Crippen LogP contribution in [0, 0.1) is 17.8 Å². The predicted molar refractivity (Wildman–Crippen MR) is 79.6 cm³/mol. The Morgan fingerprint density at radius 2 is 1.81 bits per heavy atom. The highest BCUT2D eigenvalue weighted by Crippen LogP contribution is 2.42. The van der Waals surface area contributed by atoms with Crippen molar-refractivity contribution in [1.29, 1.82) is 0 Å². The first-order valence-electron chi connectivity index (χ1n) is 7.91. The molecule has 112 valence electrons. The van der Waals surface area contributed by atoms with Crippen LogP contribution in [0.5, 0.6) is 0 Å². The van der Waals surface area contributed by atoms with Crippen molar-refractivity contribution in [3.05, 3.63) is 35.9 Å². The largest absolute Gasteiger partial charge is 0.462 e. The Morgan fingerprint density at radius 3 is 2.43 bits per heavy atom. The van der Waals surface area contributed by atoms with Crippen molar-refractivity contribution in [2.24, 2.45) is 17.8 Å². The number of esters is 1. The molecule has 0 radical (unpaired) electrons. The quantitative estimate of drug-likeness (QED) is 0.798. The van der Waals surface area contributed by atoms with E-state index in [1.54, 1.807) is 0 Å². The minimum atomic E-state index is -0.116. The van der Waals surface area contributed by atoms with Crippen molar-refractivity contribution in [3.8, 4) is 0 Å². The Bertz CT molecular complexity index is 507. The maximum absolute atomic E-state index is 12.3. The highest BCUT2D eigenvalue weighted by Gasteiger charge is 2.44. The van der Waals surface area contributed by atoms with Crippen molar-refractivity contribution >= 4 is 11.8 Å². The van der Waals surface area contributed by atoms with Crippen LogP contribution in [0.4, 0.5) is 0 Å². The van der Waals surface area contributed by atoms with E-state index < -0.39 is 0 Å². The summed E-state index contributed by atoms with van der Waals surface area (Å²) in [7, 11) is 0. The fourth-order valence-corrected chi connectivity index (χ4v) is 3.75. The molecule has 0 amide bonds. The van der Waals surface area contributed by atoms with Crippen LogP contribution in [0.2, 0.25) is 0 Å². The summed E-state index contributed by atoms with van der Waals surface area (Å²) in [5.41, 5.74) is 1.18. The van der Waals surface area contributed by atoms with E-state index in [1.165, 1.54) is 5.56 Å². The van der Waals surface area contributed by atoms with E-state index in [4.69, 9.17) is 4.74 Å². The van der Waals surface area contributed by atoms with Gasteiger partial charge < -0.3 is 4.74 Å². The van der Waals surface area contributed by atoms with Crippen LogP contribution in [0.25, 0.3) is 0 Å². The highest BCUT2D eigenvalue weighted by atomic mass is 16.5. The van der Waals surface area contributed by atoms with Crippen LogP contribution < -0.4 is 0 Å². The Labute approximate surface area is 125 Å². The van der Waals surface area contributed by atoms with Gasteiger partial charge >= 0.3 is 5.97 Å². The zero-order chi connectivity index (χ0) is 14.8. The minimum absolute atomic E-state index is 0.0709. The number of Topliss-reactive ketones (excluding diaryl/α,β-unsaturated/α-hetero) is 1. The molecule has 3 nitrogen and oxygen atoms in total. The molecule has 2 saturated carbocycles. The van der Waals surface area contributed by atoms with Crippen molar-refractivity contribution in [3.63, 3.8) is 0 Å². The average molecular weight is 286 g/mol. The van der Waals surface area contributed by atoms with Gasteiger partial charge in [0.25, 0.3) is 0 Å². The first kappa shape index (κ1) is 14.3. The third-order valence-electron chi connectivity index (χ3n) is 4.82. The molecular formula is C18H22O3. The number of rotatable bonds is 4. The molecule has 2 bridgehead atoms. The van der Waals surface area contributed by atoms with E-state index in [1.807, 2.05) is 37.3 Å². The zero-order valence-corrected chi connectivity index (χ0v) is 12.5. The van der Waals surface area contributed by atoms with E-state index in [9.17, 15) is 9.59 Å². The second-order valence-corrected chi connectivity index (χ2v) is 6.48. The van der Waals surface area contributed by atoms with Crippen LogP contribution in [-0.4, -0.2) is 17.9 Å². The number of fused-ring (bicyclic) bond motifs is 2. The van der Waals surface area contributed by atoms with Gasteiger partial charge in [-0.1, -0.05) is 30.3 Å². The summed E-state index contributed by atoms with van der Waals surface area (Å²) in [5, 5.41) is 0. The molecule has 0 aromatic heterocycles. The van der Waals surface area contributed by atoms with E-state index >= 15 is 0 Å². The first-order chi connectivity index (χ1) is 10.1. The fourth-order valence-electron chi connectivity index (χ4n) is 3.75. The normalized spacial score (nSPS) is 29.2. The van der Waals surface area contributed by atoms with Gasteiger partial charge in [0, 0.05) is 18.3 Å².